The molecule has 0 N–H and O–H groups in total. The molecule has 11 heavy (non-hydrogen) atoms. The Labute approximate surface area is 66.3 Å². The molecule has 0 bridgehead atoms. The second-order valence-electron chi connectivity index (χ2n) is 2.23. The topological polar surface area (TPSA) is 25.2 Å². The van der Waals surface area contributed by atoms with Gasteiger partial charge in [-0.05, 0) is 25.8 Å². The van der Waals surface area contributed by atoms with Crippen molar-refractivity contribution in [1.82, 2.24) is 4.98 Å². The summed E-state index contributed by atoms with van der Waals surface area (Å²) < 4.78 is 0. The fourth-order valence-electron chi connectivity index (χ4n) is 0.840. The normalized spacial score (nSPS) is 9.18. The van der Waals surface area contributed by atoms with Crippen molar-refractivity contribution >= 4 is 18.6 Å². The fourth-order valence-corrected chi connectivity index (χ4v) is 0.840. The van der Waals surface area contributed by atoms with E-state index in [9.17, 15) is 0 Å². The first-order valence-corrected chi connectivity index (χ1v) is 3.34. The van der Waals surface area contributed by atoms with Crippen LogP contribution in [0, 0.1) is 6.92 Å². The van der Waals surface area contributed by atoms with Crippen LogP contribution in [-0.2, 0) is 0 Å². The van der Waals surface area contributed by atoms with Crippen molar-refractivity contribution in [2.75, 3.05) is 0 Å². The minimum Gasteiger partial charge on any atom is -0.245 e. The van der Waals surface area contributed by atoms with Crippen molar-refractivity contribution in [3.05, 3.63) is 30.0 Å². The zero-order chi connectivity index (χ0) is 8.27. The van der Waals surface area contributed by atoms with Gasteiger partial charge < -0.3 is 0 Å². The molecule has 2 heteroatoms. The molecule has 1 rings (SSSR count). The first-order chi connectivity index (χ1) is 5.27. The minimum absolute atomic E-state index is 0.653. The second-order valence-corrected chi connectivity index (χ2v) is 2.23. The molecule has 0 atom stereocenters. The molecule has 0 saturated carbocycles. The summed E-state index contributed by atoms with van der Waals surface area (Å²) >= 11 is 0. The van der Waals surface area contributed by atoms with E-state index in [1.807, 2.05) is 19.1 Å². The molecule has 0 saturated heterocycles. The smallest absolute Gasteiger partial charge is 0.158 e. The van der Waals surface area contributed by atoms with Gasteiger partial charge in [-0.3, -0.25) is 0 Å². The van der Waals surface area contributed by atoms with E-state index in [-0.39, 0.29) is 0 Å². The highest BCUT2D eigenvalue weighted by Crippen LogP contribution is 2.16. The molecule has 0 fully saturated rings. The molecule has 0 aliphatic rings. The van der Waals surface area contributed by atoms with Crippen molar-refractivity contribution in [2.45, 2.75) is 6.92 Å². The predicted molar refractivity (Wildman–Crippen MR) is 48.3 cm³/mol. The number of hydrogen-bond acceptors (Lipinski definition) is 2. The maximum absolute atomic E-state index is 4.16. The number of aryl methyl sites for hydroxylation is 1. The fraction of sp³-hybridized carbons (Fsp3) is 0.111. The first kappa shape index (κ1) is 7.66. The summed E-state index contributed by atoms with van der Waals surface area (Å²) in [4.78, 5) is 7.93. The lowest BCUT2D eigenvalue weighted by Gasteiger charge is -1.98. The summed E-state index contributed by atoms with van der Waals surface area (Å²) in [7, 11) is 0. The summed E-state index contributed by atoms with van der Waals surface area (Å²) in [6.07, 6.45) is 1.72. The zero-order valence-electron chi connectivity index (χ0n) is 6.54. The summed E-state index contributed by atoms with van der Waals surface area (Å²) in [6.45, 7) is 8.98. The molecule has 1 aromatic heterocycles. The highest BCUT2D eigenvalue weighted by Gasteiger charge is 1.96. The van der Waals surface area contributed by atoms with Crippen LogP contribution in [0.25, 0.3) is 6.08 Å². The molecule has 0 aliphatic carbocycles. The average molecular weight is 146 g/mol. The summed E-state index contributed by atoms with van der Waals surface area (Å²) in [6, 6.07) is 3.85. The third-order valence-electron chi connectivity index (χ3n) is 1.41. The van der Waals surface area contributed by atoms with Gasteiger partial charge in [-0.25, -0.2) is 9.98 Å². The van der Waals surface area contributed by atoms with E-state index in [0.717, 1.165) is 11.3 Å². The Balaban J connectivity index is 3.26. The van der Waals surface area contributed by atoms with E-state index >= 15 is 0 Å². The molecule has 0 amide bonds. The minimum atomic E-state index is 0.653. The van der Waals surface area contributed by atoms with Crippen LogP contribution in [-0.4, -0.2) is 11.7 Å². The molecule has 56 valence electrons. The Morgan fingerprint density at radius 1 is 1.55 bits per heavy atom. The van der Waals surface area contributed by atoms with Gasteiger partial charge in [0.05, 0.1) is 0 Å². The Hall–Kier alpha value is -1.44. The highest BCUT2D eigenvalue weighted by molar-refractivity contribution is 5.61. The van der Waals surface area contributed by atoms with Crippen molar-refractivity contribution in [3.8, 4) is 0 Å². The third-order valence-corrected chi connectivity index (χ3v) is 1.41. The molecule has 0 unspecified atom stereocenters. The van der Waals surface area contributed by atoms with E-state index < -0.39 is 0 Å². The van der Waals surface area contributed by atoms with Crippen LogP contribution in [0.3, 0.4) is 0 Å². The van der Waals surface area contributed by atoms with E-state index in [2.05, 4.69) is 23.3 Å². The van der Waals surface area contributed by atoms with Crippen molar-refractivity contribution in [1.29, 1.82) is 0 Å². The van der Waals surface area contributed by atoms with Crippen LogP contribution in [0.2, 0.25) is 0 Å². The number of nitrogens with zero attached hydrogens (tertiary/aromatic N) is 2. The van der Waals surface area contributed by atoms with Gasteiger partial charge >= 0.3 is 0 Å². The van der Waals surface area contributed by atoms with Crippen molar-refractivity contribution in [2.24, 2.45) is 4.99 Å². The quantitative estimate of drug-likeness (QED) is 0.588. The van der Waals surface area contributed by atoms with Crippen molar-refractivity contribution < 1.29 is 0 Å². The molecule has 0 radical (unpaired) electrons. The van der Waals surface area contributed by atoms with Crippen LogP contribution in [0.1, 0.15) is 11.3 Å². The highest BCUT2D eigenvalue weighted by atomic mass is 14.9. The molecule has 0 spiro atoms. The van der Waals surface area contributed by atoms with Crippen molar-refractivity contribution in [3.63, 3.8) is 0 Å². The van der Waals surface area contributed by atoms with Crippen LogP contribution in [0.15, 0.2) is 23.7 Å². The zero-order valence-corrected chi connectivity index (χ0v) is 6.54. The van der Waals surface area contributed by atoms with Crippen LogP contribution < -0.4 is 0 Å². The van der Waals surface area contributed by atoms with Crippen LogP contribution in [0.4, 0.5) is 5.82 Å². The van der Waals surface area contributed by atoms with Crippen LogP contribution >= 0.6 is 0 Å². The molecular formula is C9H10N2. The van der Waals surface area contributed by atoms with Gasteiger partial charge in [0.25, 0.3) is 0 Å². The average Bonchev–Trinajstić information content (AvgIpc) is 2.04. The van der Waals surface area contributed by atoms with Gasteiger partial charge in [-0.2, -0.15) is 0 Å². The largest absolute Gasteiger partial charge is 0.245 e. The van der Waals surface area contributed by atoms with Gasteiger partial charge in [-0.15, -0.1) is 0 Å². The van der Waals surface area contributed by atoms with E-state index in [0.29, 0.717) is 5.82 Å². The number of pyridine rings is 1. The maximum Gasteiger partial charge on any atom is 0.158 e. The predicted octanol–water partition coefficient (Wildman–Crippen LogP) is 2.37. The summed E-state index contributed by atoms with van der Waals surface area (Å²) in [5.74, 6) is 0.653. The number of rotatable bonds is 2. The van der Waals surface area contributed by atoms with E-state index in [4.69, 9.17) is 0 Å². The van der Waals surface area contributed by atoms with Crippen LogP contribution in [0.5, 0.6) is 0 Å². The van der Waals surface area contributed by atoms with Gasteiger partial charge in [0, 0.05) is 11.3 Å². The Bertz CT molecular complexity index is 290. The molecule has 0 aromatic carbocycles. The maximum atomic E-state index is 4.16. The molecule has 1 aromatic rings. The Kier molecular flexibility index (Phi) is 2.16. The second kappa shape index (κ2) is 3.10. The first-order valence-electron chi connectivity index (χ1n) is 3.34. The summed E-state index contributed by atoms with van der Waals surface area (Å²) in [5, 5.41) is 0. The molecular weight excluding hydrogens is 136 g/mol. The summed E-state index contributed by atoms with van der Waals surface area (Å²) in [5.41, 5.74) is 1.86. The Morgan fingerprint density at radius 2 is 2.27 bits per heavy atom. The monoisotopic (exact) mass is 146 g/mol. The lowest BCUT2D eigenvalue weighted by atomic mass is 10.2. The van der Waals surface area contributed by atoms with Gasteiger partial charge in [0.2, 0.25) is 0 Å². The standard InChI is InChI=1S/C9H10N2/c1-4-8-6-5-7(2)11-9(8)10-3/h4-6H,1,3H2,2H3. The molecule has 2 nitrogen and oxygen atoms in total. The lowest BCUT2D eigenvalue weighted by molar-refractivity contribution is 1.18. The third kappa shape index (κ3) is 1.52. The number of aliphatic imine (C=N–C) groups is 1. The van der Waals surface area contributed by atoms with E-state index in [1.54, 1.807) is 6.08 Å². The lowest BCUT2D eigenvalue weighted by Crippen LogP contribution is -1.82. The van der Waals surface area contributed by atoms with E-state index in [1.165, 1.54) is 0 Å². The SMILES string of the molecule is C=Cc1ccc(C)nc1N=C. The van der Waals surface area contributed by atoms with Gasteiger partial charge in [0.1, 0.15) is 0 Å². The Morgan fingerprint density at radius 3 is 2.82 bits per heavy atom. The number of aromatic nitrogens is 1. The molecule has 0 aliphatic heterocycles. The van der Waals surface area contributed by atoms with Gasteiger partial charge in [0.15, 0.2) is 5.82 Å². The molecule has 1 heterocycles. The van der Waals surface area contributed by atoms with Gasteiger partial charge in [-0.1, -0.05) is 12.7 Å². The number of hydrogen-bond donors (Lipinski definition) is 0.